The van der Waals surface area contributed by atoms with E-state index >= 15 is 0 Å². The van der Waals surface area contributed by atoms with Gasteiger partial charge >= 0.3 is 0 Å². The summed E-state index contributed by atoms with van der Waals surface area (Å²) in [4.78, 5) is 12.2. The highest BCUT2D eigenvalue weighted by molar-refractivity contribution is 7.71. The summed E-state index contributed by atoms with van der Waals surface area (Å²) >= 11 is 5.18. The molecule has 2 unspecified atom stereocenters. The summed E-state index contributed by atoms with van der Waals surface area (Å²) in [5.74, 6) is -1.35. The molecule has 2 N–H and O–H groups in total. The molecule has 1 fully saturated rings. The van der Waals surface area contributed by atoms with Crippen LogP contribution in [-0.2, 0) is 11.2 Å². The highest BCUT2D eigenvalue weighted by Crippen LogP contribution is 2.49. The van der Waals surface area contributed by atoms with Gasteiger partial charge in [-0.25, -0.2) is 8.78 Å². The van der Waals surface area contributed by atoms with Crippen LogP contribution in [-0.4, -0.2) is 27.2 Å². The second kappa shape index (κ2) is 7.03. The normalized spacial score (nSPS) is 19.2. The standard InChI is InChI=1S/C17H20F2N4OS/c1-9(2)23-14(21-22-17(23)25)6-7-20-16(24)11-8-10(11)15-12(18)4-3-5-13(15)19/h3-5,9-11H,6-8H2,1-2H3,(H,20,24)(H,22,25). The summed E-state index contributed by atoms with van der Waals surface area (Å²) in [5.41, 5.74) is 0.0170. The molecule has 2 atom stereocenters. The Morgan fingerprint density at radius 3 is 2.76 bits per heavy atom. The second-order valence-electron chi connectivity index (χ2n) is 6.53. The maximum absolute atomic E-state index is 13.8. The first kappa shape index (κ1) is 17.7. The molecule has 1 saturated carbocycles. The molecule has 0 radical (unpaired) electrons. The van der Waals surface area contributed by atoms with E-state index in [9.17, 15) is 13.6 Å². The van der Waals surface area contributed by atoms with Crippen molar-refractivity contribution in [3.63, 3.8) is 0 Å². The molecule has 134 valence electrons. The van der Waals surface area contributed by atoms with E-state index in [0.717, 1.165) is 5.82 Å². The van der Waals surface area contributed by atoms with Gasteiger partial charge in [0.1, 0.15) is 17.5 Å². The van der Waals surface area contributed by atoms with Gasteiger partial charge in [-0.1, -0.05) is 6.07 Å². The third-order valence-corrected chi connectivity index (χ3v) is 4.73. The summed E-state index contributed by atoms with van der Waals surface area (Å²) in [7, 11) is 0. The molecule has 0 saturated heterocycles. The van der Waals surface area contributed by atoms with Crippen LogP contribution in [0.3, 0.4) is 0 Å². The van der Waals surface area contributed by atoms with E-state index in [-0.39, 0.29) is 29.3 Å². The van der Waals surface area contributed by atoms with Crippen molar-refractivity contribution in [2.45, 2.75) is 38.6 Å². The van der Waals surface area contributed by atoms with Crippen LogP contribution in [0.25, 0.3) is 0 Å². The minimum atomic E-state index is -0.590. The first-order chi connectivity index (χ1) is 11.9. The molecule has 0 bridgehead atoms. The van der Waals surface area contributed by atoms with Gasteiger partial charge in [0, 0.05) is 36.4 Å². The summed E-state index contributed by atoms with van der Waals surface area (Å²) < 4.78 is 30.0. The fourth-order valence-corrected chi connectivity index (χ4v) is 3.51. The molecule has 2 aromatic rings. The molecule has 1 aromatic carbocycles. The zero-order chi connectivity index (χ0) is 18.1. The Morgan fingerprint density at radius 2 is 2.12 bits per heavy atom. The van der Waals surface area contributed by atoms with Gasteiger partial charge in [0.05, 0.1) is 0 Å². The first-order valence-electron chi connectivity index (χ1n) is 8.27. The van der Waals surface area contributed by atoms with Crippen molar-refractivity contribution >= 4 is 18.1 Å². The summed E-state index contributed by atoms with van der Waals surface area (Å²) in [6, 6.07) is 3.95. The van der Waals surface area contributed by atoms with E-state index in [1.807, 2.05) is 18.4 Å². The molecule has 5 nitrogen and oxygen atoms in total. The molecule has 1 heterocycles. The highest BCUT2D eigenvalue weighted by Gasteiger charge is 2.46. The van der Waals surface area contributed by atoms with E-state index in [4.69, 9.17) is 12.2 Å². The summed E-state index contributed by atoms with van der Waals surface area (Å²) in [6.45, 7) is 4.41. The van der Waals surface area contributed by atoms with Crippen molar-refractivity contribution in [3.8, 4) is 0 Å². The Balaban J connectivity index is 1.56. The quantitative estimate of drug-likeness (QED) is 0.772. The van der Waals surface area contributed by atoms with Gasteiger partial charge in [-0.15, -0.1) is 0 Å². The molecule has 3 rings (SSSR count). The molecule has 1 aliphatic rings. The number of benzene rings is 1. The number of rotatable bonds is 6. The SMILES string of the molecule is CC(C)n1c(CCNC(=O)C2CC2c2c(F)cccc2F)n[nH]c1=S. The lowest BCUT2D eigenvalue weighted by Gasteiger charge is -2.10. The molecular formula is C17H20F2N4OS. The molecule has 8 heteroatoms. The van der Waals surface area contributed by atoms with Crippen molar-refractivity contribution in [3.05, 3.63) is 46.0 Å². The zero-order valence-electron chi connectivity index (χ0n) is 14.1. The Labute approximate surface area is 149 Å². The van der Waals surface area contributed by atoms with Crippen LogP contribution >= 0.6 is 12.2 Å². The molecule has 1 aliphatic carbocycles. The van der Waals surface area contributed by atoms with E-state index in [2.05, 4.69) is 15.5 Å². The van der Waals surface area contributed by atoms with Gasteiger partial charge in [-0.05, 0) is 44.6 Å². The molecule has 25 heavy (non-hydrogen) atoms. The molecule has 0 spiro atoms. The molecule has 1 amide bonds. The van der Waals surface area contributed by atoms with Gasteiger partial charge in [-0.3, -0.25) is 9.89 Å². The number of nitrogens with one attached hydrogen (secondary N) is 2. The number of hydrogen-bond acceptors (Lipinski definition) is 3. The number of nitrogens with zero attached hydrogens (tertiary/aromatic N) is 2. The number of carbonyl (C=O) groups is 1. The Morgan fingerprint density at radius 1 is 1.44 bits per heavy atom. The third kappa shape index (κ3) is 3.63. The van der Waals surface area contributed by atoms with Crippen molar-refractivity contribution in [1.82, 2.24) is 20.1 Å². The van der Waals surface area contributed by atoms with Gasteiger partial charge in [0.25, 0.3) is 0 Å². The van der Waals surface area contributed by atoms with Crippen LogP contribution in [0.2, 0.25) is 0 Å². The van der Waals surface area contributed by atoms with Crippen molar-refractivity contribution in [1.29, 1.82) is 0 Å². The number of carbonyl (C=O) groups excluding carboxylic acids is 1. The molecular weight excluding hydrogens is 346 g/mol. The van der Waals surface area contributed by atoms with Crippen LogP contribution in [0.5, 0.6) is 0 Å². The largest absolute Gasteiger partial charge is 0.355 e. The smallest absolute Gasteiger partial charge is 0.223 e. The second-order valence-corrected chi connectivity index (χ2v) is 6.92. The number of hydrogen-bond donors (Lipinski definition) is 2. The Hall–Kier alpha value is -2.09. The van der Waals surface area contributed by atoms with Crippen LogP contribution in [0, 0.1) is 22.3 Å². The number of H-pyrrole nitrogens is 1. The summed E-state index contributed by atoms with van der Waals surface area (Å²) in [6.07, 6.45) is 0.997. The van der Waals surface area contributed by atoms with Gasteiger partial charge < -0.3 is 9.88 Å². The van der Waals surface area contributed by atoms with E-state index < -0.39 is 11.6 Å². The van der Waals surface area contributed by atoms with Crippen molar-refractivity contribution in [2.24, 2.45) is 5.92 Å². The fraction of sp³-hybridized carbons (Fsp3) is 0.471. The summed E-state index contributed by atoms with van der Waals surface area (Å²) in [5, 5.41) is 9.75. The number of halogens is 2. The van der Waals surface area contributed by atoms with Crippen LogP contribution in [0.15, 0.2) is 18.2 Å². The average Bonchev–Trinajstić information content (AvgIpc) is 3.23. The maximum Gasteiger partial charge on any atom is 0.223 e. The predicted octanol–water partition coefficient (Wildman–Crippen LogP) is 3.26. The third-order valence-electron chi connectivity index (χ3n) is 4.44. The van der Waals surface area contributed by atoms with E-state index in [1.54, 1.807) is 0 Å². The minimum absolute atomic E-state index is 0.0170. The number of aromatic amines is 1. The van der Waals surface area contributed by atoms with E-state index in [0.29, 0.717) is 24.2 Å². The van der Waals surface area contributed by atoms with Crippen molar-refractivity contribution < 1.29 is 13.6 Å². The van der Waals surface area contributed by atoms with Crippen molar-refractivity contribution in [2.75, 3.05) is 6.54 Å². The maximum atomic E-state index is 13.8. The topological polar surface area (TPSA) is 62.7 Å². The highest BCUT2D eigenvalue weighted by atomic mass is 32.1. The predicted molar refractivity (Wildman–Crippen MR) is 91.7 cm³/mol. The van der Waals surface area contributed by atoms with Crippen LogP contribution in [0.1, 0.15) is 43.6 Å². The van der Waals surface area contributed by atoms with Gasteiger partial charge in [0.2, 0.25) is 5.91 Å². The monoisotopic (exact) mass is 366 g/mol. The Bertz CT molecular complexity index is 825. The lowest BCUT2D eigenvalue weighted by molar-refractivity contribution is -0.122. The Kier molecular flexibility index (Phi) is 4.99. The molecule has 0 aliphatic heterocycles. The first-order valence-corrected chi connectivity index (χ1v) is 8.68. The van der Waals surface area contributed by atoms with E-state index in [1.165, 1.54) is 18.2 Å². The zero-order valence-corrected chi connectivity index (χ0v) is 14.9. The fourth-order valence-electron chi connectivity index (χ4n) is 3.14. The minimum Gasteiger partial charge on any atom is -0.355 e. The van der Waals surface area contributed by atoms with Gasteiger partial charge in [-0.2, -0.15) is 5.10 Å². The lowest BCUT2D eigenvalue weighted by atomic mass is 10.1. The number of aromatic nitrogens is 3. The number of amides is 1. The van der Waals surface area contributed by atoms with Crippen LogP contribution in [0.4, 0.5) is 8.78 Å². The lowest BCUT2D eigenvalue weighted by Crippen LogP contribution is -2.28. The average molecular weight is 366 g/mol. The van der Waals surface area contributed by atoms with Gasteiger partial charge in [0.15, 0.2) is 4.77 Å². The van der Waals surface area contributed by atoms with Crippen LogP contribution < -0.4 is 5.32 Å². The molecule has 1 aromatic heterocycles.